The summed E-state index contributed by atoms with van der Waals surface area (Å²) in [6, 6.07) is 8.33. The first-order valence-corrected chi connectivity index (χ1v) is 13.1. The molecule has 5 heteroatoms. The van der Waals surface area contributed by atoms with E-state index in [-0.39, 0.29) is 23.6 Å². The van der Waals surface area contributed by atoms with Crippen molar-refractivity contribution in [3.63, 3.8) is 0 Å². The molecule has 34 heavy (non-hydrogen) atoms. The van der Waals surface area contributed by atoms with Gasteiger partial charge in [0.25, 0.3) is 0 Å². The van der Waals surface area contributed by atoms with E-state index in [0.29, 0.717) is 38.4 Å². The number of benzene rings is 1. The first kappa shape index (κ1) is 29.9. The van der Waals surface area contributed by atoms with E-state index in [9.17, 15) is 14.4 Å². The van der Waals surface area contributed by atoms with Gasteiger partial charge in [0, 0.05) is 12.8 Å². The van der Waals surface area contributed by atoms with Gasteiger partial charge >= 0.3 is 11.9 Å². The van der Waals surface area contributed by atoms with Gasteiger partial charge < -0.3 is 9.47 Å². The number of esters is 2. The second-order valence-electron chi connectivity index (χ2n) is 9.99. The van der Waals surface area contributed by atoms with Gasteiger partial charge in [-0.25, -0.2) is 0 Å². The molecule has 0 aliphatic rings. The number of Topliss-reactive ketones (excluding diaryl/α,β-unsaturated/α-hetero) is 1. The largest absolute Gasteiger partial charge is 0.466 e. The molecule has 0 N–H and O–H groups in total. The van der Waals surface area contributed by atoms with Crippen molar-refractivity contribution in [1.82, 2.24) is 0 Å². The number of carbonyl (C=O) groups is 3. The van der Waals surface area contributed by atoms with Crippen molar-refractivity contribution in [2.24, 2.45) is 11.8 Å². The van der Waals surface area contributed by atoms with Crippen molar-refractivity contribution >= 4 is 17.7 Å². The molecule has 0 saturated heterocycles. The molecule has 0 bridgehead atoms. The van der Waals surface area contributed by atoms with Crippen LogP contribution >= 0.6 is 0 Å². The van der Waals surface area contributed by atoms with E-state index in [4.69, 9.17) is 9.47 Å². The van der Waals surface area contributed by atoms with Crippen molar-refractivity contribution < 1.29 is 23.9 Å². The zero-order chi connectivity index (χ0) is 25.6. The summed E-state index contributed by atoms with van der Waals surface area (Å²) in [7, 11) is 0. The number of hydrogen-bond acceptors (Lipinski definition) is 5. The maximum Gasteiger partial charge on any atom is 0.316 e. The standard InChI is InChI=1S/C29H46O5/c1-7-33-27(31)23(5)13-9-10-14-26(30)15-11-12-20-29(6,28(32)34-8-2)25-18-16-24(17-19-25)21-22(3)4/h16-19,22-23H,7-15,20-21H2,1-6H3/t23?,29-/m0/s1. The zero-order valence-electron chi connectivity index (χ0n) is 22.3. The van der Waals surface area contributed by atoms with Crippen LogP contribution in [0, 0.1) is 11.8 Å². The minimum atomic E-state index is -0.710. The molecule has 0 saturated carbocycles. The summed E-state index contributed by atoms with van der Waals surface area (Å²) in [6.45, 7) is 12.6. The van der Waals surface area contributed by atoms with Gasteiger partial charge in [-0.3, -0.25) is 14.4 Å². The second kappa shape index (κ2) is 15.7. The average Bonchev–Trinajstić information content (AvgIpc) is 2.79. The Morgan fingerprint density at radius 1 is 0.853 bits per heavy atom. The topological polar surface area (TPSA) is 69.7 Å². The van der Waals surface area contributed by atoms with Gasteiger partial charge in [0.15, 0.2) is 0 Å². The third kappa shape index (κ3) is 10.4. The highest BCUT2D eigenvalue weighted by atomic mass is 16.5. The Hall–Kier alpha value is -2.17. The average molecular weight is 475 g/mol. The van der Waals surface area contributed by atoms with Crippen molar-refractivity contribution in [2.45, 2.75) is 105 Å². The molecule has 1 aromatic carbocycles. The van der Waals surface area contributed by atoms with E-state index in [0.717, 1.165) is 44.1 Å². The smallest absolute Gasteiger partial charge is 0.316 e. The highest BCUT2D eigenvalue weighted by Crippen LogP contribution is 2.32. The Morgan fingerprint density at radius 2 is 1.44 bits per heavy atom. The lowest BCUT2D eigenvalue weighted by molar-refractivity contribution is -0.150. The summed E-state index contributed by atoms with van der Waals surface area (Å²) in [6.07, 6.45) is 6.68. The van der Waals surface area contributed by atoms with E-state index in [1.807, 2.05) is 27.7 Å². The maximum atomic E-state index is 12.9. The van der Waals surface area contributed by atoms with Gasteiger partial charge in [0.2, 0.25) is 0 Å². The highest BCUT2D eigenvalue weighted by molar-refractivity contribution is 5.82. The van der Waals surface area contributed by atoms with Crippen LogP contribution in [0.3, 0.4) is 0 Å². The molecule has 0 radical (unpaired) electrons. The summed E-state index contributed by atoms with van der Waals surface area (Å²) in [5.74, 6) is 0.359. The SMILES string of the molecule is CCOC(=O)C(C)CCCCC(=O)CCCC[C@](C)(C(=O)OCC)c1ccc(CC(C)C)cc1. The fraction of sp³-hybridized carbons (Fsp3) is 0.690. The van der Waals surface area contributed by atoms with Gasteiger partial charge in [-0.05, 0) is 69.9 Å². The molecular formula is C29H46O5. The molecule has 5 nitrogen and oxygen atoms in total. The van der Waals surface area contributed by atoms with Crippen molar-refractivity contribution in [3.8, 4) is 0 Å². The molecule has 2 atom stereocenters. The molecule has 0 aromatic heterocycles. The molecule has 0 amide bonds. The first-order valence-electron chi connectivity index (χ1n) is 13.1. The maximum absolute atomic E-state index is 12.9. The van der Waals surface area contributed by atoms with E-state index < -0.39 is 5.41 Å². The molecule has 1 unspecified atom stereocenters. The lowest BCUT2D eigenvalue weighted by Gasteiger charge is -2.28. The summed E-state index contributed by atoms with van der Waals surface area (Å²) >= 11 is 0. The monoisotopic (exact) mass is 474 g/mol. The second-order valence-corrected chi connectivity index (χ2v) is 9.99. The summed E-state index contributed by atoms with van der Waals surface area (Å²) in [4.78, 5) is 36.8. The summed E-state index contributed by atoms with van der Waals surface area (Å²) in [5.41, 5.74) is 1.53. The van der Waals surface area contributed by atoms with Gasteiger partial charge in [0.05, 0.1) is 24.5 Å². The minimum Gasteiger partial charge on any atom is -0.466 e. The number of rotatable bonds is 17. The van der Waals surface area contributed by atoms with Gasteiger partial charge in [-0.1, -0.05) is 57.9 Å². The fourth-order valence-corrected chi connectivity index (χ4v) is 4.24. The molecular weight excluding hydrogens is 428 g/mol. The number of unbranched alkanes of at least 4 members (excludes halogenated alkanes) is 2. The highest BCUT2D eigenvalue weighted by Gasteiger charge is 2.36. The molecule has 0 heterocycles. The molecule has 1 rings (SSSR count). The fourth-order valence-electron chi connectivity index (χ4n) is 4.24. The van der Waals surface area contributed by atoms with Crippen molar-refractivity contribution in [3.05, 3.63) is 35.4 Å². The lowest BCUT2D eigenvalue weighted by atomic mass is 9.77. The third-order valence-corrected chi connectivity index (χ3v) is 6.38. The van der Waals surface area contributed by atoms with Gasteiger partial charge in [-0.2, -0.15) is 0 Å². The quantitative estimate of drug-likeness (QED) is 0.188. The Labute approximate surface area is 207 Å². The lowest BCUT2D eigenvalue weighted by Crippen LogP contribution is -2.34. The Kier molecular flexibility index (Phi) is 13.8. The van der Waals surface area contributed by atoms with Crippen LogP contribution in [0.4, 0.5) is 0 Å². The van der Waals surface area contributed by atoms with Crippen LogP contribution in [0.2, 0.25) is 0 Å². The van der Waals surface area contributed by atoms with E-state index in [1.54, 1.807) is 0 Å². The van der Waals surface area contributed by atoms with Crippen LogP contribution in [0.15, 0.2) is 24.3 Å². The third-order valence-electron chi connectivity index (χ3n) is 6.38. The van der Waals surface area contributed by atoms with E-state index >= 15 is 0 Å². The molecule has 0 spiro atoms. The van der Waals surface area contributed by atoms with Crippen LogP contribution in [-0.4, -0.2) is 30.9 Å². The summed E-state index contributed by atoms with van der Waals surface area (Å²) < 4.78 is 10.4. The Bertz CT molecular complexity index is 752. The van der Waals surface area contributed by atoms with Crippen molar-refractivity contribution in [1.29, 1.82) is 0 Å². The predicted octanol–water partition coefficient (Wildman–Crippen LogP) is 6.60. The molecule has 0 aliphatic heterocycles. The number of ether oxygens (including phenoxy) is 2. The first-order chi connectivity index (χ1) is 16.1. The number of hydrogen-bond donors (Lipinski definition) is 0. The zero-order valence-corrected chi connectivity index (χ0v) is 22.3. The molecule has 0 fully saturated rings. The van der Waals surface area contributed by atoms with Crippen LogP contribution in [0.1, 0.15) is 104 Å². The van der Waals surface area contributed by atoms with E-state index in [1.165, 1.54) is 5.56 Å². The van der Waals surface area contributed by atoms with E-state index in [2.05, 4.69) is 38.1 Å². The molecule has 1 aromatic rings. The Balaban J connectivity index is 2.51. The van der Waals surface area contributed by atoms with Crippen LogP contribution in [0.25, 0.3) is 0 Å². The number of ketones is 1. The Morgan fingerprint density at radius 3 is 2.00 bits per heavy atom. The minimum absolute atomic E-state index is 0.116. The van der Waals surface area contributed by atoms with Crippen molar-refractivity contribution in [2.75, 3.05) is 13.2 Å². The number of carbonyl (C=O) groups excluding carboxylic acids is 3. The van der Waals surface area contributed by atoms with Gasteiger partial charge in [0.1, 0.15) is 5.78 Å². The molecule has 0 aliphatic carbocycles. The molecule has 192 valence electrons. The normalized spacial score (nSPS) is 13.9. The predicted molar refractivity (Wildman–Crippen MR) is 137 cm³/mol. The van der Waals surface area contributed by atoms with Crippen LogP contribution < -0.4 is 0 Å². The van der Waals surface area contributed by atoms with Gasteiger partial charge in [-0.15, -0.1) is 0 Å². The summed E-state index contributed by atoms with van der Waals surface area (Å²) in [5, 5.41) is 0. The van der Waals surface area contributed by atoms with Crippen LogP contribution in [-0.2, 0) is 35.7 Å². The van der Waals surface area contributed by atoms with Crippen LogP contribution in [0.5, 0.6) is 0 Å².